The molecule has 2 aromatic rings. The third-order valence-corrected chi connectivity index (χ3v) is 5.56. The molecule has 4 rings (SSSR count). The van der Waals surface area contributed by atoms with E-state index < -0.39 is 5.97 Å². The number of benzene rings is 2. The van der Waals surface area contributed by atoms with Crippen molar-refractivity contribution in [2.45, 2.75) is 32.7 Å². The number of hydrogen-bond acceptors (Lipinski definition) is 4. The highest BCUT2D eigenvalue weighted by atomic mass is 16.4. The second-order valence-electron chi connectivity index (χ2n) is 7.77. The van der Waals surface area contributed by atoms with Gasteiger partial charge in [-0.25, -0.2) is 9.79 Å². The Morgan fingerprint density at radius 1 is 1.16 bits per heavy atom. The molecule has 5 heteroatoms. The van der Waals surface area contributed by atoms with E-state index in [-0.39, 0.29) is 6.04 Å². The molecule has 1 unspecified atom stereocenters. The van der Waals surface area contributed by atoms with Crippen LogP contribution < -0.4 is 0 Å². The normalized spacial score (nSPS) is 17.3. The summed E-state index contributed by atoms with van der Waals surface area (Å²) in [5.41, 5.74) is 5.33. The van der Waals surface area contributed by atoms with Gasteiger partial charge in [-0.15, -0.1) is 5.92 Å². The summed E-state index contributed by atoms with van der Waals surface area (Å²) >= 11 is 0. The van der Waals surface area contributed by atoms with E-state index in [1.807, 2.05) is 38.2 Å². The van der Waals surface area contributed by atoms with Gasteiger partial charge in [-0.2, -0.15) is 0 Å². The molecule has 31 heavy (non-hydrogen) atoms. The Balaban J connectivity index is 1.61. The number of aromatic carboxylic acids is 1. The molecule has 0 aromatic heterocycles. The van der Waals surface area contributed by atoms with Gasteiger partial charge in [-0.3, -0.25) is 10.0 Å². The van der Waals surface area contributed by atoms with E-state index in [0.717, 1.165) is 29.1 Å². The lowest BCUT2D eigenvalue weighted by Crippen LogP contribution is -2.45. The number of allylic oxidation sites excluding steroid dienone is 2. The number of aliphatic imine (C=N–C) groups is 1. The Kier molecular flexibility index (Phi) is 5.64. The van der Waals surface area contributed by atoms with Gasteiger partial charge in [-0.05, 0) is 48.3 Å². The first-order valence-electron chi connectivity index (χ1n) is 10.3. The average Bonchev–Trinajstić information content (AvgIpc) is 3.09. The van der Waals surface area contributed by atoms with Gasteiger partial charge in [0.05, 0.1) is 17.3 Å². The molecule has 1 atom stereocenters. The molecule has 0 amide bonds. The van der Waals surface area contributed by atoms with E-state index in [0.29, 0.717) is 12.0 Å². The SMILES string of the molecule is CC#CCC1=NC2=CC(C)=CN(C)N2C1Cc1ccc(-c2ccccc2C(=O)O)cc1. The van der Waals surface area contributed by atoms with Crippen molar-refractivity contribution in [3.05, 3.63) is 83.3 Å². The van der Waals surface area contributed by atoms with Crippen LogP contribution in [0.1, 0.15) is 36.2 Å². The minimum absolute atomic E-state index is 0.0959. The number of nitrogens with zero attached hydrogens (tertiary/aromatic N) is 3. The first-order chi connectivity index (χ1) is 15.0. The van der Waals surface area contributed by atoms with E-state index in [1.54, 1.807) is 12.1 Å². The summed E-state index contributed by atoms with van der Waals surface area (Å²) in [5.74, 6) is 6.17. The molecule has 0 saturated heterocycles. The monoisotopic (exact) mass is 411 g/mol. The lowest BCUT2D eigenvalue weighted by molar-refractivity contribution is 0.0697. The summed E-state index contributed by atoms with van der Waals surface area (Å²) in [6.07, 6.45) is 5.64. The van der Waals surface area contributed by atoms with E-state index in [2.05, 4.69) is 53.2 Å². The van der Waals surface area contributed by atoms with Gasteiger partial charge in [0, 0.05) is 26.1 Å². The number of hydrogen-bond donors (Lipinski definition) is 1. The maximum absolute atomic E-state index is 11.6. The molecule has 2 aliphatic heterocycles. The lowest BCUT2D eigenvalue weighted by Gasteiger charge is -2.37. The summed E-state index contributed by atoms with van der Waals surface area (Å²) in [6, 6.07) is 15.3. The van der Waals surface area contributed by atoms with Crippen molar-refractivity contribution in [2.24, 2.45) is 4.99 Å². The van der Waals surface area contributed by atoms with Crippen LogP contribution in [-0.2, 0) is 6.42 Å². The van der Waals surface area contributed by atoms with Crippen LogP contribution in [0.4, 0.5) is 0 Å². The van der Waals surface area contributed by atoms with Crippen LogP contribution in [-0.4, -0.2) is 39.9 Å². The second kappa shape index (κ2) is 8.53. The van der Waals surface area contributed by atoms with E-state index in [9.17, 15) is 9.90 Å². The van der Waals surface area contributed by atoms with Crippen LogP contribution in [0, 0.1) is 11.8 Å². The fourth-order valence-corrected chi connectivity index (χ4v) is 4.16. The van der Waals surface area contributed by atoms with Crippen LogP contribution in [0.3, 0.4) is 0 Å². The fraction of sp³-hybridized carbons (Fsp3) is 0.231. The summed E-state index contributed by atoms with van der Waals surface area (Å²) in [7, 11) is 2.04. The smallest absolute Gasteiger partial charge is 0.336 e. The molecule has 2 aliphatic rings. The molecular formula is C26H25N3O2. The molecule has 0 aliphatic carbocycles. The summed E-state index contributed by atoms with van der Waals surface area (Å²) in [5, 5.41) is 13.8. The van der Waals surface area contributed by atoms with Gasteiger partial charge < -0.3 is 5.11 Å². The first-order valence-corrected chi connectivity index (χ1v) is 10.3. The van der Waals surface area contributed by atoms with Crippen LogP contribution in [0.2, 0.25) is 0 Å². The molecule has 5 nitrogen and oxygen atoms in total. The first kappa shape index (κ1) is 20.5. The van der Waals surface area contributed by atoms with Gasteiger partial charge in [0.15, 0.2) is 0 Å². The van der Waals surface area contributed by atoms with Crippen molar-refractivity contribution in [1.82, 2.24) is 10.0 Å². The number of rotatable bonds is 5. The van der Waals surface area contributed by atoms with Gasteiger partial charge >= 0.3 is 5.97 Å². The van der Waals surface area contributed by atoms with Crippen molar-refractivity contribution >= 4 is 11.7 Å². The van der Waals surface area contributed by atoms with Gasteiger partial charge in [-0.1, -0.05) is 48.4 Å². The molecular weight excluding hydrogens is 386 g/mol. The predicted octanol–water partition coefficient (Wildman–Crippen LogP) is 4.74. The largest absolute Gasteiger partial charge is 0.478 e. The average molecular weight is 412 g/mol. The third kappa shape index (κ3) is 4.10. The fourth-order valence-electron chi connectivity index (χ4n) is 4.16. The van der Waals surface area contributed by atoms with Crippen molar-refractivity contribution < 1.29 is 9.90 Å². The Morgan fingerprint density at radius 3 is 2.61 bits per heavy atom. The Bertz CT molecular complexity index is 1160. The number of carboxylic acids is 1. The highest BCUT2D eigenvalue weighted by Crippen LogP contribution is 2.31. The molecule has 1 N–H and O–H groups in total. The molecule has 0 bridgehead atoms. The zero-order valence-corrected chi connectivity index (χ0v) is 18.0. The maximum atomic E-state index is 11.6. The Labute approximate surface area is 183 Å². The van der Waals surface area contributed by atoms with Crippen LogP contribution in [0.15, 0.2) is 77.2 Å². The standard InChI is InChI=1S/C26H25N3O2/c1-4-5-10-23-24(29-25(27-23)15-18(2)17-28(29)3)16-19-11-13-20(14-12-19)21-8-6-7-9-22(21)26(30)31/h6-9,11-15,17,24H,10,16H2,1-3H3,(H,30,31). The van der Waals surface area contributed by atoms with Gasteiger partial charge in [0.1, 0.15) is 5.82 Å². The minimum atomic E-state index is -0.917. The third-order valence-electron chi connectivity index (χ3n) is 5.56. The number of carboxylic acid groups (broad SMARTS) is 1. The number of hydrazine groups is 1. The van der Waals surface area contributed by atoms with Crippen molar-refractivity contribution in [3.8, 4) is 23.0 Å². The Morgan fingerprint density at radius 2 is 1.90 bits per heavy atom. The van der Waals surface area contributed by atoms with Crippen LogP contribution >= 0.6 is 0 Å². The zero-order chi connectivity index (χ0) is 22.0. The molecule has 0 spiro atoms. The summed E-state index contributed by atoms with van der Waals surface area (Å²) < 4.78 is 0. The van der Waals surface area contributed by atoms with Crippen LogP contribution in [0.25, 0.3) is 11.1 Å². The summed E-state index contributed by atoms with van der Waals surface area (Å²) in [6.45, 7) is 3.92. The van der Waals surface area contributed by atoms with E-state index >= 15 is 0 Å². The topological polar surface area (TPSA) is 56.1 Å². The number of fused-ring (bicyclic) bond motifs is 1. The number of carbonyl (C=O) groups is 1. The second-order valence-corrected chi connectivity index (χ2v) is 7.77. The van der Waals surface area contributed by atoms with Gasteiger partial charge in [0.25, 0.3) is 0 Å². The Hall–Kier alpha value is -3.78. The molecule has 156 valence electrons. The van der Waals surface area contributed by atoms with Crippen molar-refractivity contribution in [3.63, 3.8) is 0 Å². The molecule has 0 saturated carbocycles. The molecule has 0 radical (unpaired) electrons. The predicted molar refractivity (Wildman–Crippen MR) is 123 cm³/mol. The van der Waals surface area contributed by atoms with Crippen molar-refractivity contribution in [2.75, 3.05) is 7.05 Å². The summed E-state index contributed by atoms with van der Waals surface area (Å²) in [4.78, 5) is 16.4. The van der Waals surface area contributed by atoms with Crippen molar-refractivity contribution in [1.29, 1.82) is 0 Å². The van der Waals surface area contributed by atoms with E-state index in [4.69, 9.17) is 4.99 Å². The zero-order valence-electron chi connectivity index (χ0n) is 18.0. The van der Waals surface area contributed by atoms with E-state index in [1.165, 1.54) is 11.1 Å². The maximum Gasteiger partial charge on any atom is 0.336 e. The molecule has 0 fully saturated rings. The lowest BCUT2D eigenvalue weighted by atomic mass is 9.95. The molecule has 2 aromatic carbocycles. The van der Waals surface area contributed by atoms with Crippen LogP contribution in [0.5, 0.6) is 0 Å². The van der Waals surface area contributed by atoms with Gasteiger partial charge in [0.2, 0.25) is 0 Å². The highest BCUT2D eigenvalue weighted by molar-refractivity contribution is 5.96. The molecule has 2 heterocycles. The highest BCUT2D eigenvalue weighted by Gasteiger charge is 2.35. The quantitative estimate of drug-likeness (QED) is 0.722. The minimum Gasteiger partial charge on any atom is -0.478 e.